The van der Waals surface area contributed by atoms with Gasteiger partial charge in [-0.25, -0.2) is 9.59 Å². The summed E-state index contributed by atoms with van der Waals surface area (Å²) in [6, 6.07) is 14.2. The molecule has 1 fully saturated rings. The molecule has 216 valence electrons. The summed E-state index contributed by atoms with van der Waals surface area (Å²) in [7, 11) is 4.48. The van der Waals surface area contributed by atoms with E-state index in [4.69, 9.17) is 33.2 Å². The molecule has 11 heteroatoms. The van der Waals surface area contributed by atoms with Crippen LogP contribution in [0.25, 0.3) is 0 Å². The fraction of sp³-hybridized carbons (Fsp3) is 0.483. The van der Waals surface area contributed by atoms with Crippen molar-refractivity contribution >= 4 is 28.7 Å². The summed E-state index contributed by atoms with van der Waals surface area (Å²) in [4.78, 5) is 30.4. The quantitative estimate of drug-likeness (QED) is 0.388. The van der Waals surface area contributed by atoms with Gasteiger partial charge in [0.05, 0.1) is 34.5 Å². The number of esters is 2. The molecule has 0 aromatic heterocycles. The molecule has 0 amide bonds. The molecular formula is C29H35NO9S. The molecular weight excluding hydrogens is 538 g/mol. The first-order valence-corrected chi connectivity index (χ1v) is 13.7. The van der Waals surface area contributed by atoms with E-state index in [1.165, 1.54) is 7.11 Å². The molecule has 0 spiro atoms. The minimum absolute atomic E-state index is 0.155. The van der Waals surface area contributed by atoms with Crippen LogP contribution in [0.15, 0.2) is 53.5 Å². The summed E-state index contributed by atoms with van der Waals surface area (Å²) in [5.41, 5.74) is 0.374. The van der Waals surface area contributed by atoms with Gasteiger partial charge in [0, 0.05) is 0 Å². The second-order valence-corrected chi connectivity index (χ2v) is 11.3. The van der Waals surface area contributed by atoms with Gasteiger partial charge >= 0.3 is 11.9 Å². The minimum atomic E-state index is -1.11. The molecule has 10 nitrogen and oxygen atoms in total. The lowest BCUT2D eigenvalue weighted by atomic mass is 9.97. The molecule has 2 heterocycles. The Bertz CT molecular complexity index is 1190. The lowest BCUT2D eigenvalue weighted by molar-refractivity contribution is -0.211. The summed E-state index contributed by atoms with van der Waals surface area (Å²) in [6.45, 7) is 5.72. The number of hydrogen-bond acceptors (Lipinski definition) is 11. The predicted octanol–water partition coefficient (Wildman–Crippen LogP) is 3.93. The van der Waals surface area contributed by atoms with Crippen LogP contribution >= 0.6 is 11.8 Å². The van der Waals surface area contributed by atoms with E-state index in [0.29, 0.717) is 5.75 Å². The van der Waals surface area contributed by atoms with Crippen LogP contribution in [-0.4, -0.2) is 73.7 Å². The first-order chi connectivity index (χ1) is 19.1. The number of benzene rings is 2. The molecule has 0 saturated carbocycles. The lowest BCUT2D eigenvalue weighted by Crippen LogP contribution is -2.59. The molecule has 0 aliphatic carbocycles. The third kappa shape index (κ3) is 7.34. The van der Waals surface area contributed by atoms with Crippen LogP contribution in [-0.2, 0) is 46.5 Å². The van der Waals surface area contributed by atoms with Crippen LogP contribution in [0, 0.1) is 0 Å². The van der Waals surface area contributed by atoms with Gasteiger partial charge < -0.3 is 33.2 Å². The fourth-order valence-corrected chi connectivity index (χ4v) is 5.33. The van der Waals surface area contributed by atoms with E-state index in [2.05, 4.69) is 4.99 Å². The second kappa shape index (κ2) is 13.0. The average molecular weight is 574 g/mol. The normalized spacial score (nSPS) is 24.1. The first kappa shape index (κ1) is 29.9. The van der Waals surface area contributed by atoms with Crippen molar-refractivity contribution in [1.29, 1.82) is 0 Å². The molecule has 4 rings (SSSR count). The maximum Gasteiger partial charge on any atom is 0.363 e. The molecule has 1 saturated heterocycles. The van der Waals surface area contributed by atoms with E-state index in [1.807, 2.05) is 48.5 Å². The highest BCUT2D eigenvalue weighted by atomic mass is 32.2. The summed E-state index contributed by atoms with van der Waals surface area (Å²) in [5, 5.41) is 0.155. The van der Waals surface area contributed by atoms with Gasteiger partial charge in [0.15, 0.2) is 11.1 Å². The molecule has 0 bridgehead atoms. The van der Waals surface area contributed by atoms with Crippen molar-refractivity contribution in [2.45, 2.75) is 69.4 Å². The van der Waals surface area contributed by atoms with Crippen LogP contribution in [0.1, 0.15) is 31.9 Å². The van der Waals surface area contributed by atoms with Crippen LogP contribution in [0.3, 0.4) is 0 Å². The maximum atomic E-state index is 12.9. The minimum Gasteiger partial charge on any atom is -0.497 e. The molecule has 0 radical (unpaired) electrons. The number of hydrogen-bond donors (Lipinski definition) is 0. The predicted molar refractivity (Wildman–Crippen MR) is 148 cm³/mol. The molecule has 2 aromatic carbocycles. The third-order valence-electron chi connectivity index (χ3n) is 6.22. The smallest absolute Gasteiger partial charge is 0.363 e. The number of carbonyl (C=O) groups is 2. The second-order valence-electron chi connectivity index (χ2n) is 10.2. The number of carbonyl (C=O) groups excluding carboxylic acids is 2. The number of fused-ring (bicyclic) bond motifs is 1. The van der Waals surface area contributed by atoms with E-state index in [-0.39, 0.29) is 18.3 Å². The highest BCUT2D eigenvalue weighted by Crippen LogP contribution is 2.40. The monoisotopic (exact) mass is 573 g/mol. The van der Waals surface area contributed by atoms with E-state index in [9.17, 15) is 9.59 Å². The van der Waals surface area contributed by atoms with Crippen molar-refractivity contribution in [3.05, 3.63) is 59.7 Å². The first-order valence-electron chi connectivity index (χ1n) is 12.8. The Labute approximate surface area is 238 Å². The van der Waals surface area contributed by atoms with Gasteiger partial charge in [-0.2, -0.15) is 0 Å². The fourth-order valence-electron chi connectivity index (χ4n) is 4.26. The van der Waals surface area contributed by atoms with Gasteiger partial charge in [0.25, 0.3) is 0 Å². The number of methoxy groups -OCH3 is 3. The zero-order valence-electron chi connectivity index (χ0n) is 23.4. The van der Waals surface area contributed by atoms with Crippen LogP contribution in [0.5, 0.6) is 11.5 Å². The Morgan fingerprint density at radius 2 is 1.38 bits per heavy atom. The van der Waals surface area contributed by atoms with Crippen molar-refractivity contribution in [2.24, 2.45) is 4.99 Å². The molecule has 0 unspecified atom stereocenters. The molecule has 40 heavy (non-hydrogen) atoms. The third-order valence-corrected chi connectivity index (χ3v) is 7.34. The van der Waals surface area contributed by atoms with Gasteiger partial charge in [-0.3, -0.25) is 4.99 Å². The Morgan fingerprint density at radius 3 is 1.85 bits per heavy atom. The lowest BCUT2D eigenvalue weighted by Gasteiger charge is -2.41. The van der Waals surface area contributed by atoms with Crippen molar-refractivity contribution in [1.82, 2.24) is 0 Å². The van der Waals surface area contributed by atoms with E-state index < -0.39 is 47.3 Å². The number of ether oxygens (including phenoxy) is 7. The number of thioether (sulfide) groups is 1. The largest absolute Gasteiger partial charge is 0.497 e. The highest BCUT2D eigenvalue weighted by Gasteiger charge is 2.54. The molecule has 0 N–H and O–H groups in total. The Balaban J connectivity index is 1.62. The Morgan fingerprint density at radius 1 is 0.850 bits per heavy atom. The van der Waals surface area contributed by atoms with Crippen molar-refractivity contribution in [2.75, 3.05) is 21.3 Å². The maximum absolute atomic E-state index is 12.9. The van der Waals surface area contributed by atoms with Gasteiger partial charge in [-0.15, -0.1) is 0 Å². The van der Waals surface area contributed by atoms with Gasteiger partial charge in [0.2, 0.25) is 0 Å². The van der Waals surface area contributed by atoms with Crippen LogP contribution in [0.4, 0.5) is 0 Å². The van der Waals surface area contributed by atoms with E-state index in [0.717, 1.165) is 28.6 Å². The average Bonchev–Trinajstić information content (AvgIpc) is 3.38. The number of aliphatic imine (C=N–C) groups is 1. The molecule has 2 aromatic rings. The van der Waals surface area contributed by atoms with Gasteiger partial charge in [-0.05, 0) is 56.2 Å². The summed E-state index contributed by atoms with van der Waals surface area (Å²) < 4.78 is 39.9. The van der Waals surface area contributed by atoms with Crippen molar-refractivity contribution in [3.8, 4) is 11.5 Å². The standard InChI is InChI=1S/C29H35NO9S/c1-29(2,3)39-27(32)25-30-21-22(36-15-17-7-11-19(33-4)12-8-17)23(24(26(31)35-6)38-28(21)40-25)37-16-18-9-13-20(34-5)14-10-18/h7-14,21-24,28H,15-16H2,1-6H3/t21-,22-,23+,24+,28-/m1/s1. The zero-order chi connectivity index (χ0) is 28.9. The number of rotatable bonds is 10. The van der Waals surface area contributed by atoms with Crippen LogP contribution < -0.4 is 9.47 Å². The summed E-state index contributed by atoms with van der Waals surface area (Å²) in [5.74, 6) is 0.269. The Kier molecular flexibility index (Phi) is 9.72. The Hall–Kier alpha value is -3.12. The van der Waals surface area contributed by atoms with E-state index in [1.54, 1.807) is 35.0 Å². The summed E-state index contributed by atoms with van der Waals surface area (Å²) >= 11 is 1.11. The SMILES string of the molecule is COC(=O)[C@H]1O[C@@H]2SC(C(=O)OC(C)(C)C)=N[C@@H]2[C@@H](OCc2ccc(OC)cc2)[C@@H]1OCc1ccc(OC)cc1. The highest BCUT2D eigenvalue weighted by molar-refractivity contribution is 8.16. The van der Waals surface area contributed by atoms with Gasteiger partial charge in [0.1, 0.15) is 40.8 Å². The van der Waals surface area contributed by atoms with E-state index >= 15 is 0 Å². The van der Waals surface area contributed by atoms with Gasteiger partial charge in [-0.1, -0.05) is 36.0 Å². The zero-order valence-corrected chi connectivity index (χ0v) is 24.3. The van der Waals surface area contributed by atoms with Crippen molar-refractivity contribution < 1.29 is 42.7 Å². The number of nitrogens with zero attached hydrogens (tertiary/aromatic N) is 1. The van der Waals surface area contributed by atoms with Crippen molar-refractivity contribution in [3.63, 3.8) is 0 Å². The summed E-state index contributed by atoms with van der Waals surface area (Å²) in [6.07, 6.45) is -2.72. The molecule has 5 atom stereocenters. The topological polar surface area (TPSA) is 111 Å². The molecule has 2 aliphatic heterocycles. The van der Waals surface area contributed by atoms with Crippen LogP contribution in [0.2, 0.25) is 0 Å². The molecule has 2 aliphatic rings.